The molecule has 8 heteroatoms. The molecule has 1 unspecified atom stereocenters. The molecule has 0 amide bonds. The maximum atomic E-state index is 13.8. The van der Waals surface area contributed by atoms with Crippen LogP contribution in [0.25, 0.3) is 16.8 Å². The molecule has 0 bridgehead atoms. The number of benzene rings is 3. The van der Waals surface area contributed by atoms with E-state index in [1.807, 2.05) is 42.5 Å². The first kappa shape index (κ1) is 21.4. The van der Waals surface area contributed by atoms with Crippen molar-refractivity contribution < 1.29 is 9.72 Å². The fourth-order valence-corrected chi connectivity index (χ4v) is 5.99. The second-order valence-corrected chi connectivity index (χ2v) is 9.65. The van der Waals surface area contributed by atoms with E-state index in [2.05, 4.69) is 0 Å². The van der Waals surface area contributed by atoms with Crippen molar-refractivity contribution in [1.82, 2.24) is 4.57 Å². The Bertz CT molecular complexity index is 1760. The normalized spacial score (nSPS) is 17.8. The fraction of sp³-hybridized carbons (Fsp3) is 0.148. The summed E-state index contributed by atoms with van der Waals surface area (Å²) in [6, 6.07) is 19.5. The van der Waals surface area contributed by atoms with Gasteiger partial charge in [0.1, 0.15) is 0 Å². The number of aromatic nitrogens is 1. The number of nitro groups is 1. The van der Waals surface area contributed by atoms with Crippen molar-refractivity contribution in [2.75, 3.05) is 0 Å². The van der Waals surface area contributed by atoms with Gasteiger partial charge in [0.05, 0.1) is 21.2 Å². The Morgan fingerprint density at radius 1 is 1.03 bits per heavy atom. The number of nitrogens with zero attached hydrogens (tertiary/aromatic N) is 3. The van der Waals surface area contributed by atoms with Crippen LogP contribution in [0.4, 0.5) is 5.69 Å². The van der Waals surface area contributed by atoms with Crippen LogP contribution in [-0.4, -0.2) is 15.3 Å². The molecule has 1 aromatic heterocycles. The van der Waals surface area contributed by atoms with Crippen molar-refractivity contribution in [2.45, 2.75) is 25.3 Å². The number of Topliss-reactive ketones (excluding diaryl/α,β-unsaturated/α-hetero) is 1. The lowest BCUT2D eigenvalue weighted by molar-refractivity contribution is -0.384. The van der Waals surface area contributed by atoms with E-state index in [0.717, 1.165) is 28.5 Å². The minimum Gasteiger partial charge on any atom is -0.294 e. The zero-order valence-corrected chi connectivity index (χ0v) is 19.3. The summed E-state index contributed by atoms with van der Waals surface area (Å²) in [7, 11) is 0. The van der Waals surface area contributed by atoms with Crippen LogP contribution >= 0.6 is 11.3 Å². The van der Waals surface area contributed by atoms with Crippen molar-refractivity contribution in [2.24, 2.45) is 4.99 Å². The van der Waals surface area contributed by atoms with Crippen LogP contribution < -0.4 is 14.9 Å². The van der Waals surface area contributed by atoms with Crippen LogP contribution in [0.2, 0.25) is 0 Å². The van der Waals surface area contributed by atoms with E-state index in [4.69, 9.17) is 4.99 Å². The van der Waals surface area contributed by atoms with Gasteiger partial charge >= 0.3 is 0 Å². The topological polar surface area (TPSA) is 94.6 Å². The zero-order valence-electron chi connectivity index (χ0n) is 18.5. The van der Waals surface area contributed by atoms with Crippen molar-refractivity contribution in [1.29, 1.82) is 0 Å². The summed E-state index contributed by atoms with van der Waals surface area (Å²) >= 11 is 1.24. The summed E-state index contributed by atoms with van der Waals surface area (Å²) in [4.78, 5) is 42.9. The van der Waals surface area contributed by atoms with Crippen LogP contribution in [0.5, 0.6) is 0 Å². The number of non-ortho nitro benzene ring substituents is 1. The molecule has 0 radical (unpaired) electrons. The molecule has 0 fully saturated rings. The third kappa shape index (κ3) is 3.54. The molecular weight excluding hydrogens is 462 g/mol. The highest BCUT2D eigenvalue weighted by Crippen LogP contribution is 2.38. The van der Waals surface area contributed by atoms with Crippen molar-refractivity contribution >= 4 is 39.7 Å². The van der Waals surface area contributed by atoms with Gasteiger partial charge in [-0.05, 0) is 40.8 Å². The van der Waals surface area contributed by atoms with E-state index in [1.54, 1.807) is 22.8 Å². The Balaban J connectivity index is 1.63. The highest BCUT2D eigenvalue weighted by Gasteiger charge is 2.35. The molecule has 3 aromatic carbocycles. The van der Waals surface area contributed by atoms with E-state index in [1.165, 1.54) is 23.5 Å². The van der Waals surface area contributed by atoms with Gasteiger partial charge in [0.2, 0.25) is 0 Å². The standard InChI is InChI=1S/C27H19N3O4S/c31-22-13-5-12-21-24(22)25(20-11-4-8-17-7-1-2-10-19(17)20)29-26(32)23(35-27(29)28-21)15-16-6-3-9-18(14-16)30(33)34/h1-4,6-11,14-15,25H,5,12-13H2. The van der Waals surface area contributed by atoms with E-state index in [-0.39, 0.29) is 17.0 Å². The molecule has 0 saturated carbocycles. The van der Waals surface area contributed by atoms with E-state index >= 15 is 0 Å². The number of allylic oxidation sites excluding steroid dienone is 2. The summed E-state index contributed by atoms with van der Waals surface area (Å²) in [6.45, 7) is 0. The Kier molecular flexibility index (Phi) is 5.04. The maximum absolute atomic E-state index is 13.8. The number of nitro benzene ring substituents is 1. The molecule has 0 spiro atoms. The second-order valence-electron chi connectivity index (χ2n) is 8.64. The minimum atomic E-state index is -0.563. The Labute approximate surface area is 203 Å². The largest absolute Gasteiger partial charge is 0.294 e. The Morgan fingerprint density at radius 3 is 2.69 bits per heavy atom. The first-order valence-electron chi connectivity index (χ1n) is 11.3. The molecule has 1 aliphatic carbocycles. The first-order chi connectivity index (χ1) is 17.0. The summed E-state index contributed by atoms with van der Waals surface area (Å²) in [5.41, 5.74) is 2.50. The van der Waals surface area contributed by atoms with Crippen LogP contribution in [0.15, 0.2) is 87.8 Å². The van der Waals surface area contributed by atoms with Crippen LogP contribution in [0, 0.1) is 10.1 Å². The number of carbonyl (C=O) groups is 1. The summed E-state index contributed by atoms with van der Waals surface area (Å²) in [5.74, 6) is 0.0286. The molecule has 2 aliphatic rings. The van der Waals surface area contributed by atoms with Crippen LogP contribution in [0.1, 0.15) is 36.4 Å². The summed E-state index contributed by atoms with van der Waals surface area (Å²) in [6.07, 6.45) is 3.53. The molecule has 1 atom stereocenters. The Hall–Kier alpha value is -4.17. The smallest absolute Gasteiger partial charge is 0.271 e. The SMILES string of the molecule is O=C1CCCC2=C1C(c1cccc3ccccc13)n1c(sc(=Cc3cccc([N+](=O)[O-])c3)c1=O)=N2. The Morgan fingerprint density at radius 2 is 1.83 bits per heavy atom. The molecule has 1 aliphatic heterocycles. The van der Waals surface area contributed by atoms with Gasteiger partial charge in [0.25, 0.3) is 11.2 Å². The molecule has 4 aromatic rings. The average Bonchev–Trinajstić information content (AvgIpc) is 3.17. The fourth-order valence-electron chi connectivity index (χ4n) is 4.97. The predicted molar refractivity (Wildman–Crippen MR) is 134 cm³/mol. The molecule has 2 heterocycles. The predicted octanol–water partition coefficient (Wildman–Crippen LogP) is 4.03. The van der Waals surface area contributed by atoms with Crippen LogP contribution in [0.3, 0.4) is 0 Å². The first-order valence-corrected chi connectivity index (χ1v) is 12.1. The van der Waals surface area contributed by atoms with Gasteiger partial charge in [-0.15, -0.1) is 0 Å². The molecule has 6 rings (SSSR count). The molecule has 7 nitrogen and oxygen atoms in total. The van der Waals surface area contributed by atoms with Crippen molar-refractivity contribution in [3.63, 3.8) is 0 Å². The zero-order chi connectivity index (χ0) is 24.1. The van der Waals surface area contributed by atoms with Gasteiger partial charge < -0.3 is 0 Å². The van der Waals surface area contributed by atoms with Crippen LogP contribution in [-0.2, 0) is 4.79 Å². The highest BCUT2D eigenvalue weighted by atomic mass is 32.1. The molecule has 172 valence electrons. The number of fused-ring (bicyclic) bond motifs is 2. The number of ketones is 1. The van der Waals surface area contributed by atoms with Gasteiger partial charge in [0, 0.05) is 24.1 Å². The lowest BCUT2D eigenvalue weighted by Gasteiger charge is -2.29. The average molecular weight is 482 g/mol. The van der Waals surface area contributed by atoms with E-state index in [9.17, 15) is 19.7 Å². The van der Waals surface area contributed by atoms with Gasteiger partial charge in [-0.1, -0.05) is 65.9 Å². The van der Waals surface area contributed by atoms with E-state index in [0.29, 0.717) is 33.3 Å². The van der Waals surface area contributed by atoms with Gasteiger partial charge in [-0.25, -0.2) is 4.99 Å². The molecule has 0 saturated heterocycles. The van der Waals surface area contributed by atoms with Crippen molar-refractivity contribution in [3.05, 3.63) is 119 Å². The quantitative estimate of drug-likeness (QED) is 0.326. The van der Waals surface area contributed by atoms with Crippen molar-refractivity contribution in [3.8, 4) is 0 Å². The summed E-state index contributed by atoms with van der Waals surface area (Å²) in [5, 5.41) is 13.2. The number of thiazole rings is 1. The maximum Gasteiger partial charge on any atom is 0.271 e. The third-order valence-electron chi connectivity index (χ3n) is 6.52. The number of hydrogen-bond donors (Lipinski definition) is 0. The minimum absolute atomic E-state index is 0.0286. The number of rotatable bonds is 3. The summed E-state index contributed by atoms with van der Waals surface area (Å²) < 4.78 is 2.04. The van der Waals surface area contributed by atoms with Gasteiger partial charge in [-0.3, -0.25) is 24.3 Å². The van der Waals surface area contributed by atoms with Gasteiger partial charge in [0.15, 0.2) is 10.6 Å². The lowest BCUT2D eigenvalue weighted by atomic mass is 9.84. The monoisotopic (exact) mass is 481 g/mol. The molecular formula is C27H19N3O4S. The molecule has 0 N–H and O–H groups in total. The second kappa shape index (κ2) is 8.25. The number of hydrogen-bond acceptors (Lipinski definition) is 6. The third-order valence-corrected chi connectivity index (χ3v) is 7.51. The van der Waals surface area contributed by atoms with Gasteiger partial charge in [-0.2, -0.15) is 0 Å². The highest BCUT2D eigenvalue weighted by molar-refractivity contribution is 7.07. The van der Waals surface area contributed by atoms with E-state index < -0.39 is 11.0 Å². The molecule has 35 heavy (non-hydrogen) atoms. The lowest BCUT2D eigenvalue weighted by Crippen LogP contribution is -2.40. The number of carbonyl (C=O) groups excluding carboxylic acids is 1.